The van der Waals surface area contributed by atoms with E-state index in [1.807, 2.05) is 44.2 Å². The lowest BCUT2D eigenvalue weighted by atomic mass is 10.1. The number of carbonyl (C=O) groups excluding carboxylic acids is 2. The minimum atomic E-state index is -4.14. The van der Waals surface area contributed by atoms with Crippen LogP contribution in [0.4, 0.5) is 5.69 Å². The third kappa shape index (κ3) is 7.49. The standard InChI is InChI=1S/C32H38ClN3O4S/c1-4-29(32(38)34-27-12-8-9-13-27)35(21-25-10-6-5-7-11-25)31(37)22-36(30-19-16-26(33)20-24(30)3)41(39,40)28-17-14-23(2)15-18-28/h5-7,10-11,14-20,27,29H,4,8-9,12-13,21-22H2,1-3H3,(H,34,38). The van der Waals surface area contributed by atoms with Crippen molar-refractivity contribution >= 4 is 39.1 Å². The summed E-state index contributed by atoms with van der Waals surface area (Å²) in [5, 5.41) is 3.60. The van der Waals surface area contributed by atoms with Gasteiger partial charge in [0.2, 0.25) is 11.8 Å². The van der Waals surface area contributed by atoms with E-state index in [0.29, 0.717) is 22.7 Å². The number of benzene rings is 3. The van der Waals surface area contributed by atoms with Crippen LogP contribution in [0.2, 0.25) is 5.02 Å². The van der Waals surface area contributed by atoms with E-state index in [1.54, 1.807) is 49.4 Å². The zero-order valence-electron chi connectivity index (χ0n) is 23.8. The maximum atomic E-state index is 14.2. The number of hydrogen-bond donors (Lipinski definition) is 1. The van der Waals surface area contributed by atoms with Crippen molar-refractivity contribution in [3.8, 4) is 0 Å². The van der Waals surface area contributed by atoms with E-state index in [4.69, 9.17) is 11.6 Å². The third-order valence-electron chi connectivity index (χ3n) is 7.60. The van der Waals surface area contributed by atoms with Crippen molar-refractivity contribution in [1.29, 1.82) is 0 Å². The predicted octanol–water partition coefficient (Wildman–Crippen LogP) is 6.02. The molecular weight excluding hydrogens is 558 g/mol. The Morgan fingerprint density at radius 2 is 1.63 bits per heavy atom. The third-order valence-corrected chi connectivity index (χ3v) is 9.61. The average molecular weight is 596 g/mol. The quantitative estimate of drug-likeness (QED) is 0.294. The Balaban J connectivity index is 1.73. The number of hydrogen-bond acceptors (Lipinski definition) is 4. The lowest BCUT2D eigenvalue weighted by Gasteiger charge is -2.34. The molecule has 0 radical (unpaired) electrons. The summed E-state index contributed by atoms with van der Waals surface area (Å²) in [4.78, 5) is 29.3. The average Bonchev–Trinajstić information content (AvgIpc) is 3.45. The fourth-order valence-electron chi connectivity index (χ4n) is 5.32. The van der Waals surface area contributed by atoms with E-state index in [-0.39, 0.29) is 23.4 Å². The molecular formula is C32H38ClN3O4S. The normalized spacial score (nSPS) is 14.4. The zero-order chi connectivity index (χ0) is 29.6. The highest BCUT2D eigenvalue weighted by Crippen LogP contribution is 2.30. The van der Waals surface area contributed by atoms with E-state index in [0.717, 1.165) is 41.1 Å². The number of carbonyl (C=O) groups is 2. The summed E-state index contributed by atoms with van der Waals surface area (Å²) in [6.45, 7) is 5.21. The highest BCUT2D eigenvalue weighted by molar-refractivity contribution is 7.92. The molecule has 1 fully saturated rings. The molecule has 1 aliphatic rings. The monoisotopic (exact) mass is 595 g/mol. The number of sulfonamides is 1. The molecule has 4 rings (SSSR count). The number of amides is 2. The first-order valence-electron chi connectivity index (χ1n) is 14.1. The second-order valence-electron chi connectivity index (χ2n) is 10.7. The summed E-state index contributed by atoms with van der Waals surface area (Å²) >= 11 is 6.19. The van der Waals surface area contributed by atoms with Crippen LogP contribution in [0.5, 0.6) is 0 Å². The molecule has 0 aromatic heterocycles. The number of halogens is 1. The molecule has 0 aliphatic heterocycles. The van der Waals surface area contributed by atoms with Gasteiger partial charge in [0.15, 0.2) is 0 Å². The van der Waals surface area contributed by atoms with E-state index < -0.39 is 28.5 Å². The Kier molecular flexibility index (Phi) is 10.1. The summed E-state index contributed by atoms with van der Waals surface area (Å²) in [6, 6.07) is 20.2. The number of anilines is 1. The Morgan fingerprint density at radius 1 is 0.976 bits per heavy atom. The van der Waals surface area contributed by atoms with Gasteiger partial charge < -0.3 is 10.2 Å². The first-order valence-corrected chi connectivity index (χ1v) is 15.9. The summed E-state index contributed by atoms with van der Waals surface area (Å²) in [5.74, 6) is -0.674. The van der Waals surface area contributed by atoms with Crippen LogP contribution in [0.3, 0.4) is 0 Å². The largest absolute Gasteiger partial charge is 0.352 e. The van der Waals surface area contributed by atoms with Crippen molar-refractivity contribution in [1.82, 2.24) is 10.2 Å². The molecule has 1 saturated carbocycles. The summed E-state index contributed by atoms with van der Waals surface area (Å²) in [5.41, 5.74) is 2.74. The van der Waals surface area contributed by atoms with Gasteiger partial charge in [-0.15, -0.1) is 0 Å². The number of nitrogens with zero attached hydrogens (tertiary/aromatic N) is 2. The Labute approximate surface area is 248 Å². The van der Waals surface area contributed by atoms with E-state index in [2.05, 4.69) is 5.32 Å². The van der Waals surface area contributed by atoms with Crippen molar-refractivity contribution in [2.24, 2.45) is 0 Å². The zero-order valence-corrected chi connectivity index (χ0v) is 25.4. The molecule has 1 aliphatic carbocycles. The van der Waals surface area contributed by atoms with Crippen LogP contribution in [0.1, 0.15) is 55.7 Å². The van der Waals surface area contributed by atoms with Crippen molar-refractivity contribution in [3.05, 3.63) is 94.5 Å². The lowest BCUT2D eigenvalue weighted by molar-refractivity contribution is -0.140. The molecule has 2 amide bonds. The first kappa shape index (κ1) is 30.6. The number of aryl methyl sites for hydroxylation is 2. The minimum Gasteiger partial charge on any atom is -0.352 e. The maximum absolute atomic E-state index is 14.2. The molecule has 218 valence electrons. The Morgan fingerprint density at radius 3 is 2.24 bits per heavy atom. The van der Waals surface area contributed by atoms with Gasteiger partial charge in [-0.1, -0.05) is 79.4 Å². The highest BCUT2D eigenvalue weighted by atomic mass is 35.5. The fourth-order valence-corrected chi connectivity index (χ4v) is 7.02. The topological polar surface area (TPSA) is 86.8 Å². The molecule has 41 heavy (non-hydrogen) atoms. The van der Waals surface area contributed by atoms with Gasteiger partial charge in [0.05, 0.1) is 10.6 Å². The molecule has 3 aromatic rings. The van der Waals surface area contributed by atoms with Crippen molar-refractivity contribution in [2.75, 3.05) is 10.8 Å². The molecule has 1 unspecified atom stereocenters. The molecule has 7 nitrogen and oxygen atoms in total. The van der Waals surface area contributed by atoms with Gasteiger partial charge in [0.25, 0.3) is 10.0 Å². The van der Waals surface area contributed by atoms with Gasteiger partial charge >= 0.3 is 0 Å². The van der Waals surface area contributed by atoms with E-state index in [9.17, 15) is 18.0 Å². The van der Waals surface area contributed by atoms with Gasteiger partial charge in [-0.25, -0.2) is 8.42 Å². The second-order valence-corrected chi connectivity index (χ2v) is 13.0. The Hall–Kier alpha value is -3.36. The van der Waals surface area contributed by atoms with E-state index >= 15 is 0 Å². The van der Waals surface area contributed by atoms with Gasteiger partial charge in [-0.3, -0.25) is 13.9 Å². The molecule has 0 bridgehead atoms. The van der Waals surface area contributed by atoms with Gasteiger partial charge in [-0.2, -0.15) is 0 Å². The van der Waals surface area contributed by atoms with Crippen LogP contribution in [0.25, 0.3) is 0 Å². The number of rotatable bonds is 11. The summed E-state index contributed by atoms with van der Waals surface area (Å²) < 4.78 is 29.2. The van der Waals surface area contributed by atoms with Crippen LogP contribution in [0, 0.1) is 13.8 Å². The molecule has 0 saturated heterocycles. The van der Waals surface area contributed by atoms with Gasteiger partial charge in [-0.05, 0) is 74.6 Å². The van der Waals surface area contributed by atoms with Crippen molar-refractivity contribution < 1.29 is 18.0 Å². The smallest absolute Gasteiger partial charge is 0.264 e. The van der Waals surface area contributed by atoms with Crippen LogP contribution in [-0.2, 0) is 26.2 Å². The molecule has 1 N–H and O–H groups in total. The summed E-state index contributed by atoms with van der Waals surface area (Å²) in [7, 11) is -4.14. The fraction of sp³-hybridized carbons (Fsp3) is 0.375. The van der Waals surface area contributed by atoms with Crippen LogP contribution < -0.4 is 9.62 Å². The van der Waals surface area contributed by atoms with E-state index in [1.165, 1.54) is 4.90 Å². The lowest BCUT2D eigenvalue weighted by Crippen LogP contribution is -2.53. The van der Waals surface area contributed by atoms with Crippen LogP contribution >= 0.6 is 11.6 Å². The molecule has 0 heterocycles. The van der Waals surface area contributed by atoms with Crippen molar-refractivity contribution in [2.45, 2.75) is 76.4 Å². The molecule has 1 atom stereocenters. The van der Waals surface area contributed by atoms with Gasteiger partial charge in [0.1, 0.15) is 12.6 Å². The van der Waals surface area contributed by atoms with Crippen molar-refractivity contribution in [3.63, 3.8) is 0 Å². The van der Waals surface area contributed by atoms with Crippen LogP contribution in [-0.4, -0.2) is 43.8 Å². The van der Waals surface area contributed by atoms with Gasteiger partial charge in [0, 0.05) is 17.6 Å². The maximum Gasteiger partial charge on any atom is 0.264 e. The predicted molar refractivity (Wildman–Crippen MR) is 163 cm³/mol. The second kappa shape index (κ2) is 13.5. The Bertz CT molecular complexity index is 1460. The van der Waals surface area contributed by atoms with Crippen LogP contribution in [0.15, 0.2) is 77.7 Å². The minimum absolute atomic E-state index is 0.0749. The highest BCUT2D eigenvalue weighted by Gasteiger charge is 2.35. The molecule has 0 spiro atoms. The molecule has 9 heteroatoms. The number of nitrogens with one attached hydrogen (secondary N) is 1. The first-order chi connectivity index (χ1) is 19.6. The SMILES string of the molecule is CCC(C(=O)NC1CCCC1)N(Cc1ccccc1)C(=O)CN(c1ccc(Cl)cc1C)S(=O)(=O)c1ccc(C)cc1. The molecule has 3 aromatic carbocycles. The summed E-state index contributed by atoms with van der Waals surface area (Å²) in [6.07, 6.45) is 4.38.